The maximum atomic E-state index is 12.6. The zero-order valence-corrected chi connectivity index (χ0v) is 13.0. The lowest BCUT2D eigenvalue weighted by molar-refractivity contribution is -0.117. The van der Waals surface area contributed by atoms with Crippen LogP contribution in [0.15, 0.2) is 54.7 Å². The van der Waals surface area contributed by atoms with Crippen molar-refractivity contribution in [3.63, 3.8) is 0 Å². The van der Waals surface area contributed by atoms with Crippen molar-refractivity contribution in [2.75, 3.05) is 11.4 Å². The number of anilines is 1. The van der Waals surface area contributed by atoms with Gasteiger partial charge in [0.1, 0.15) is 0 Å². The molecule has 1 N–H and O–H groups in total. The monoisotopic (exact) mass is 292 g/mol. The lowest BCUT2D eigenvalue weighted by Gasteiger charge is -2.21. The normalized spacial score (nSPS) is 10.8. The molecule has 0 aliphatic rings. The number of nitrogens with zero attached hydrogens (tertiary/aromatic N) is 1. The van der Waals surface area contributed by atoms with E-state index in [1.54, 1.807) is 0 Å². The van der Waals surface area contributed by atoms with E-state index >= 15 is 0 Å². The summed E-state index contributed by atoms with van der Waals surface area (Å²) in [6.45, 7) is 4.73. The van der Waals surface area contributed by atoms with Crippen molar-refractivity contribution in [1.29, 1.82) is 0 Å². The Morgan fingerprint density at radius 3 is 2.77 bits per heavy atom. The Labute approximate surface area is 130 Å². The van der Waals surface area contributed by atoms with Crippen molar-refractivity contribution in [3.8, 4) is 0 Å². The number of benzene rings is 2. The minimum absolute atomic E-state index is 0.128. The highest BCUT2D eigenvalue weighted by Gasteiger charge is 2.14. The Morgan fingerprint density at radius 1 is 1.14 bits per heavy atom. The van der Waals surface area contributed by atoms with Crippen molar-refractivity contribution in [2.45, 2.75) is 20.3 Å². The summed E-state index contributed by atoms with van der Waals surface area (Å²) in [6.07, 6.45) is 2.34. The fourth-order valence-corrected chi connectivity index (χ4v) is 2.78. The van der Waals surface area contributed by atoms with Crippen LogP contribution in [-0.4, -0.2) is 17.4 Å². The van der Waals surface area contributed by atoms with Crippen molar-refractivity contribution < 1.29 is 4.79 Å². The van der Waals surface area contributed by atoms with E-state index in [-0.39, 0.29) is 5.91 Å². The van der Waals surface area contributed by atoms with Gasteiger partial charge in [0, 0.05) is 23.9 Å². The lowest BCUT2D eigenvalue weighted by Crippen LogP contribution is -2.32. The highest BCUT2D eigenvalue weighted by molar-refractivity contribution is 5.95. The fraction of sp³-hybridized carbons (Fsp3) is 0.211. The first-order valence-electron chi connectivity index (χ1n) is 7.60. The predicted molar refractivity (Wildman–Crippen MR) is 91.2 cm³/mol. The maximum Gasteiger partial charge on any atom is 0.231 e. The van der Waals surface area contributed by atoms with E-state index < -0.39 is 0 Å². The second-order valence-corrected chi connectivity index (χ2v) is 5.55. The number of hydrogen-bond acceptors (Lipinski definition) is 1. The Kier molecular flexibility index (Phi) is 3.96. The smallest absolute Gasteiger partial charge is 0.231 e. The molecule has 0 bridgehead atoms. The highest BCUT2D eigenvalue weighted by Crippen LogP contribution is 2.19. The summed E-state index contributed by atoms with van der Waals surface area (Å²) in [6, 6.07) is 16.2. The number of aryl methyl sites for hydroxylation is 1. The van der Waals surface area contributed by atoms with Gasteiger partial charge in [-0.2, -0.15) is 0 Å². The van der Waals surface area contributed by atoms with Crippen molar-refractivity contribution in [2.24, 2.45) is 0 Å². The first kappa shape index (κ1) is 14.4. The number of carbonyl (C=O) groups excluding carboxylic acids is 1. The molecule has 0 aliphatic heterocycles. The molecule has 112 valence electrons. The van der Waals surface area contributed by atoms with E-state index in [0.29, 0.717) is 13.0 Å². The number of fused-ring (bicyclic) bond motifs is 1. The van der Waals surface area contributed by atoms with E-state index in [4.69, 9.17) is 0 Å². The number of hydrogen-bond donors (Lipinski definition) is 1. The molecule has 22 heavy (non-hydrogen) atoms. The quantitative estimate of drug-likeness (QED) is 0.773. The average Bonchev–Trinajstić information content (AvgIpc) is 2.95. The molecule has 1 heterocycles. The standard InChI is InChI=1S/C19H20N2O/c1-3-21(17-6-4-5-14(2)11-17)19(22)13-15-7-8-18-16(12-15)9-10-20-18/h4-12,20H,3,13H2,1-2H3. The molecule has 0 aliphatic carbocycles. The number of H-pyrrole nitrogens is 1. The summed E-state index contributed by atoms with van der Waals surface area (Å²) in [5.74, 6) is 0.128. The van der Waals surface area contributed by atoms with Crippen LogP contribution < -0.4 is 4.90 Å². The van der Waals surface area contributed by atoms with Crippen LogP contribution in [0, 0.1) is 6.92 Å². The molecule has 1 aromatic heterocycles. The average molecular weight is 292 g/mol. The van der Waals surface area contributed by atoms with E-state index in [1.807, 2.05) is 61.3 Å². The molecule has 0 saturated heterocycles. The second-order valence-electron chi connectivity index (χ2n) is 5.55. The lowest BCUT2D eigenvalue weighted by atomic mass is 10.1. The van der Waals surface area contributed by atoms with Crippen LogP contribution in [0.5, 0.6) is 0 Å². The SMILES string of the molecule is CCN(C(=O)Cc1ccc2[nH]ccc2c1)c1cccc(C)c1. The number of rotatable bonds is 4. The third-order valence-electron chi connectivity index (χ3n) is 3.90. The number of likely N-dealkylation sites (N-methyl/N-ethyl adjacent to an activating group) is 1. The van der Waals surface area contributed by atoms with Gasteiger partial charge in [-0.25, -0.2) is 0 Å². The Morgan fingerprint density at radius 2 is 2.00 bits per heavy atom. The van der Waals surface area contributed by atoms with Gasteiger partial charge >= 0.3 is 0 Å². The third-order valence-corrected chi connectivity index (χ3v) is 3.90. The number of aromatic nitrogens is 1. The van der Waals surface area contributed by atoms with Crippen molar-refractivity contribution in [1.82, 2.24) is 4.98 Å². The molecule has 3 heteroatoms. The highest BCUT2D eigenvalue weighted by atomic mass is 16.2. The van der Waals surface area contributed by atoms with E-state index in [2.05, 4.69) is 17.1 Å². The van der Waals surface area contributed by atoms with E-state index in [9.17, 15) is 4.79 Å². The van der Waals surface area contributed by atoms with Gasteiger partial charge in [0.25, 0.3) is 0 Å². The van der Waals surface area contributed by atoms with Gasteiger partial charge in [-0.3, -0.25) is 4.79 Å². The van der Waals surface area contributed by atoms with Gasteiger partial charge in [0.15, 0.2) is 0 Å². The van der Waals surface area contributed by atoms with Crippen LogP contribution in [0.25, 0.3) is 10.9 Å². The number of amides is 1. The minimum atomic E-state index is 0.128. The summed E-state index contributed by atoms with van der Waals surface area (Å²) in [7, 11) is 0. The van der Waals surface area contributed by atoms with Gasteiger partial charge in [0.2, 0.25) is 5.91 Å². The van der Waals surface area contributed by atoms with Crippen LogP contribution in [0.1, 0.15) is 18.1 Å². The Balaban J connectivity index is 1.82. The molecule has 0 radical (unpaired) electrons. The van der Waals surface area contributed by atoms with Crippen LogP contribution in [0.4, 0.5) is 5.69 Å². The summed E-state index contributed by atoms with van der Waals surface area (Å²) < 4.78 is 0. The predicted octanol–water partition coefficient (Wildman–Crippen LogP) is 4.07. The van der Waals surface area contributed by atoms with Gasteiger partial charge in [-0.1, -0.05) is 18.2 Å². The molecule has 0 spiro atoms. The molecule has 0 fully saturated rings. The fourth-order valence-electron chi connectivity index (χ4n) is 2.78. The van der Waals surface area contributed by atoms with Gasteiger partial charge in [-0.15, -0.1) is 0 Å². The van der Waals surface area contributed by atoms with Crippen LogP contribution >= 0.6 is 0 Å². The summed E-state index contributed by atoms with van der Waals surface area (Å²) in [4.78, 5) is 17.7. The molecule has 2 aromatic carbocycles. The van der Waals surface area contributed by atoms with Gasteiger partial charge < -0.3 is 9.88 Å². The molecule has 1 amide bonds. The Hall–Kier alpha value is -2.55. The molecule has 3 aromatic rings. The number of aromatic amines is 1. The molecule has 3 rings (SSSR count). The molecular weight excluding hydrogens is 272 g/mol. The van der Waals surface area contributed by atoms with Crippen LogP contribution in [-0.2, 0) is 11.2 Å². The second kappa shape index (κ2) is 6.06. The molecular formula is C19H20N2O. The zero-order chi connectivity index (χ0) is 15.5. The van der Waals surface area contributed by atoms with Gasteiger partial charge in [-0.05, 0) is 60.7 Å². The number of nitrogens with one attached hydrogen (secondary N) is 1. The summed E-state index contributed by atoms with van der Waals surface area (Å²) in [5, 5.41) is 1.14. The van der Waals surface area contributed by atoms with Crippen molar-refractivity contribution >= 4 is 22.5 Å². The van der Waals surface area contributed by atoms with Gasteiger partial charge in [0.05, 0.1) is 6.42 Å². The first-order valence-corrected chi connectivity index (χ1v) is 7.60. The largest absolute Gasteiger partial charge is 0.361 e. The first-order chi connectivity index (χ1) is 10.7. The molecule has 0 atom stereocenters. The van der Waals surface area contributed by atoms with E-state index in [1.165, 1.54) is 0 Å². The molecule has 0 saturated carbocycles. The summed E-state index contributed by atoms with van der Waals surface area (Å²) >= 11 is 0. The topological polar surface area (TPSA) is 36.1 Å². The molecule has 3 nitrogen and oxygen atoms in total. The Bertz CT molecular complexity index is 804. The molecule has 0 unspecified atom stereocenters. The zero-order valence-electron chi connectivity index (χ0n) is 13.0. The van der Waals surface area contributed by atoms with E-state index in [0.717, 1.165) is 27.7 Å². The number of carbonyl (C=O) groups is 1. The van der Waals surface area contributed by atoms with Crippen molar-refractivity contribution in [3.05, 3.63) is 65.9 Å². The maximum absolute atomic E-state index is 12.6. The third kappa shape index (κ3) is 2.89. The minimum Gasteiger partial charge on any atom is -0.361 e. The van der Waals surface area contributed by atoms with Crippen LogP contribution in [0.3, 0.4) is 0 Å². The summed E-state index contributed by atoms with van der Waals surface area (Å²) in [5.41, 5.74) is 4.28. The van der Waals surface area contributed by atoms with Crippen LogP contribution in [0.2, 0.25) is 0 Å².